The first kappa shape index (κ1) is 26.6. The lowest BCUT2D eigenvalue weighted by Gasteiger charge is -2.22. The zero-order chi connectivity index (χ0) is 23.2. The molecule has 0 saturated carbocycles. The second-order valence-electron chi connectivity index (χ2n) is 8.29. The maximum atomic E-state index is 12.9. The van der Waals surface area contributed by atoms with Gasteiger partial charge >= 0.3 is 0 Å². The van der Waals surface area contributed by atoms with Gasteiger partial charge in [-0.3, -0.25) is 14.4 Å². The summed E-state index contributed by atoms with van der Waals surface area (Å²) in [6, 6.07) is -0.328. The van der Waals surface area contributed by atoms with Gasteiger partial charge in [-0.2, -0.15) is 0 Å². The van der Waals surface area contributed by atoms with Crippen molar-refractivity contribution in [1.29, 1.82) is 0 Å². The molecule has 3 amide bonds. The van der Waals surface area contributed by atoms with Gasteiger partial charge in [0.05, 0.1) is 6.04 Å². The number of hydrogen-bond acceptors (Lipinski definition) is 4. The van der Waals surface area contributed by atoms with Crippen LogP contribution in [0.1, 0.15) is 53.9 Å². The molecule has 1 unspecified atom stereocenters. The monoisotopic (exact) mass is 432 g/mol. The summed E-state index contributed by atoms with van der Waals surface area (Å²) in [6.07, 6.45) is 9.46. The predicted molar refractivity (Wildman–Crippen MR) is 125 cm³/mol. The topological polar surface area (TPSA) is 90.5 Å². The summed E-state index contributed by atoms with van der Waals surface area (Å²) in [5.41, 5.74) is 1.10. The van der Waals surface area contributed by atoms with Crippen LogP contribution in [0.4, 0.5) is 0 Å². The molecule has 3 N–H and O–H groups in total. The molecule has 174 valence electrons. The molecule has 0 spiro atoms. The second kappa shape index (κ2) is 14.6. The molecule has 7 heteroatoms. The third-order valence-electron chi connectivity index (χ3n) is 4.83. The highest BCUT2D eigenvalue weighted by Gasteiger charge is 2.19. The van der Waals surface area contributed by atoms with Crippen molar-refractivity contribution in [2.45, 2.75) is 59.9 Å². The average Bonchev–Trinajstić information content (AvgIpc) is 3.00. The lowest BCUT2D eigenvalue weighted by molar-refractivity contribution is -0.127. The molecule has 1 aliphatic rings. The largest absolute Gasteiger partial charge is 0.354 e. The van der Waals surface area contributed by atoms with E-state index in [1.807, 2.05) is 30.9 Å². The van der Waals surface area contributed by atoms with Crippen molar-refractivity contribution in [2.24, 2.45) is 5.92 Å². The van der Waals surface area contributed by atoms with Crippen LogP contribution in [0.15, 0.2) is 35.5 Å². The van der Waals surface area contributed by atoms with Crippen molar-refractivity contribution in [3.63, 3.8) is 0 Å². The van der Waals surface area contributed by atoms with E-state index in [2.05, 4.69) is 29.8 Å². The van der Waals surface area contributed by atoms with E-state index >= 15 is 0 Å². The van der Waals surface area contributed by atoms with Crippen LogP contribution in [-0.4, -0.2) is 61.4 Å². The molecule has 0 aromatic rings. The van der Waals surface area contributed by atoms with E-state index in [9.17, 15) is 14.4 Å². The van der Waals surface area contributed by atoms with Gasteiger partial charge in [0.25, 0.3) is 5.91 Å². The minimum atomic E-state index is -0.328. The number of allylic oxidation sites excluding steroid dienone is 3. The molecule has 0 aliphatic heterocycles. The van der Waals surface area contributed by atoms with Gasteiger partial charge in [0.15, 0.2) is 0 Å². The molecule has 0 aromatic carbocycles. The first-order valence-corrected chi connectivity index (χ1v) is 11.5. The normalized spacial score (nSPS) is 14.4. The zero-order valence-electron chi connectivity index (χ0n) is 19.8. The molecule has 0 saturated heterocycles. The molecular weight excluding hydrogens is 392 g/mol. The summed E-state index contributed by atoms with van der Waals surface area (Å²) >= 11 is 0. The van der Waals surface area contributed by atoms with E-state index in [0.717, 1.165) is 12.8 Å². The number of carbonyl (C=O) groups is 3. The van der Waals surface area contributed by atoms with Crippen molar-refractivity contribution in [2.75, 3.05) is 32.7 Å². The van der Waals surface area contributed by atoms with Crippen LogP contribution in [0.25, 0.3) is 0 Å². The van der Waals surface area contributed by atoms with Gasteiger partial charge < -0.3 is 20.9 Å². The minimum Gasteiger partial charge on any atom is -0.354 e. The molecule has 31 heavy (non-hydrogen) atoms. The number of nitrogens with zero attached hydrogens (tertiary/aromatic N) is 1. The van der Waals surface area contributed by atoms with Crippen LogP contribution in [0.3, 0.4) is 0 Å². The first-order chi connectivity index (χ1) is 14.8. The molecule has 1 rings (SSSR count). The summed E-state index contributed by atoms with van der Waals surface area (Å²) < 4.78 is 0. The van der Waals surface area contributed by atoms with Crippen molar-refractivity contribution in [1.82, 2.24) is 20.9 Å². The van der Waals surface area contributed by atoms with Crippen LogP contribution in [0.5, 0.6) is 0 Å². The molecule has 0 bridgehead atoms. The van der Waals surface area contributed by atoms with Crippen molar-refractivity contribution in [3.05, 3.63) is 35.5 Å². The van der Waals surface area contributed by atoms with Crippen molar-refractivity contribution in [3.8, 4) is 0 Å². The Morgan fingerprint density at radius 2 is 1.71 bits per heavy atom. The Kier molecular flexibility index (Phi) is 12.5. The van der Waals surface area contributed by atoms with Gasteiger partial charge in [-0.15, -0.1) is 0 Å². The SMILES string of the molecule is CCCN(CCC)C(=O)C1=CC=CCC(C(=O)NCCNC(C)C(=O)NCC(C)C)=C1. The Morgan fingerprint density at radius 3 is 2.32 bits per heavy atom. The van der Waals surface area contributed by atoms with Crippen LogP contribution >= 0.6 is 0 Å². The summed E-state index contributed by atoms with van der Waals surface area (Å²) in [5.74, 6) is 0.123. The Labute approximate surface area is 187 Å². The fourth-order valence-corrected chi connectivity index (χ4v) is 3.12. The quantitative estimate of drug-likeness (QED) is 0.390. The third-order valence-corrected chi connectivity index (χ3v) is 4.83. The van der Waals surface area contributed by atoms with Gasteiger partial charge in [-0.1, -0.05) is 39.8 Å². The molecule has 7 nitrogen and oxygen atoms in total. The summed E-state index contributed by atoms with van der Waals surface area (Å²) in [5, 5.41) is 8.88. The van der Waals surface area contributed by atoms with Gasteiger partial charge in [0.2, 0.25) is 11.8 Å². The molecule has 1 aliphatic carbocycles. The van der Waals surface area contributed by atoms with E-state index in [1.165, 1.54) is 0 Å². The molecule has 0 aromatic heterocycles. The van der Waals surface area contributed by atoms with Crippen molar-refractivity contribution < 1.29 is 14.4 Å². The number of carbonyl (C=O) groups excluding carboxylic acids is 3. The summed E-state index contributed by atoms with van der Waals surface area (Å²) in [7, 11) is 0. The van der Waals surface area contributed by atoms with Gasteiger partial charge in [-0.05, 0) is 44.3 Å². The minimum absolute atomic E-state index is 0.0385. The Bertz CT molecular complexity index is 689. The van der Waals surface area contributed by atoms with E-state index in [-0.39, 0.29) is 23.8 Å². The summed E-state index contributed by atoms with van der Waals surface area (Å²) in [4.78, 5) is 39.3. The second-order valence-corrected chi connectivity index (χ2v) is 8.29. The van der Waals surface area contributed by atoms with Crippen LogP contribution < -0.4 is 16.0 Å². The Balaban J connectivity index is 2.58. The van der Waals surface area contributed by atoms with E-state index in [1.54, 1.807) is 19.1 Å². The lowest BCUT2D eigenvalue weighted by Crippen LogP contribution is -2.45. The fourth-order valence-electron chi connectivity index (χ4n) is 3.12. The lowest BCUT2D eigenvalue weighted by atomic mass is 10.1. The number of nitrogens with one attached hydrogen (secondary N) is 3. The molecule has 1 atom stereocenters. The average molecular weight is 433 g/mol. The number of amides is 3. The van der Waals surface area contributed by atoms with Crippen molar-refractivity contribution >= 4 is 17.7 Å². The highest BCUT2D eigenvalue weighted by Crippen LogP contribution is 2.15. The molecule has 0 radical (unpaired) electrons. The predicted octanol–water partition coefficient (Wildman–Crippen LogP) is 2.31. The highest BCUT2D eigenvalue weighted by atomic mass is 16.2. The highest BCUT2D eigenvalue weighted by molar-refractivity contribution is 6.01. The van der Waals surface area contributed by atoms with Crippen LogP contribution in [-0.2, 0) is 14.4 Å². The molecule has 0 fully saturated rings. The first-order valence-electron chi connectivity index (χ1n) is 11.5. The van der Waals surface area contributed by atoms with Gasteiger partial charge in [0.1, 0.15) is 0 Å². The fraction of sp³-hybridized carbons (Fsp3) is 0.625. The number of rotatable bonds is 13. The van der Waals surface area contributed by atoms with Crippen LogP contribution in [0.2, 0.25) is 0 Å². The maximum absolute atomic E-state index is 12.9. The smallest absolute Gasteiger partial charge is 0.253 e. The summed E-state index contributed by atoms with van der Waals surface area (Å²) in [6.45, 7) is 12.9. The van der Waals surface area contributed by atoms with E-state index in [0.29, 0.717) is 56.2 Å². The molecular formula is C24H40N4O3. The standard InChI is InChI=1S/C24H40N4O3/c1-6-14-28(15-7-2)24(31)21-11-9-8-10-20(16-21)23(30)26-13-12-25-19(5)22(29)27-17-18(3)4/h8-9,11,16,18-19,25H,6-7,10,12-15,17H2,1-5H3,(H,26,30)(H,27,29). The zero-order valence-corrected chi connectivity index (χ0v) is 19.8. The van der Waals surface area contributed by atoms with Gasteiger partial charge in [0, 0.05) is 43.9 Å². The number of hydrogen-bond donors (Lipinski definition) is 3. The Morgan fingerprint density at radius 1 is 1.03 bits per heavy atom. The van der Waals surface area contributed by atoms with Gasteiger partial charge in [-0.25, -0.2) is 0 Å². The van der Waals surface area contributed by atoms with Crippen LogP contribution in [0, 0.1) is 5.92 Å². The van der Waals surface area contributed by atoms with E-state index in [4.69, 9.17) is 0 Å². The maximum Gasteiger partial charge on any atom is 0.253 e. The molecule has 0 heterocycles. The Hall–Kier alpha value is -2.41. The third kappa shape index (κ3) is 9.96. The van der Waals surface area contributed by atoms with E-state index < -0.39 is 0 Å².